The van der Waals surface area contributed by atoms with Crippen LogP contribution in [0.4, 0.5) is 0 Å². The molecular formula is C10H24N2O8. The van der Waals surface area contributed by atoms with E-state index in [-0.39, 0.29) is 26.4 Å². The van der Waals surface area contributed by atoms with E-state index in [2.05, 4.69) is 10.6 Å². The number of aliphatic hydroxyl groups excluding tert-OH is 4. The third-order valence-corrected chi connectivity index (χ3v) is 1.34. The van der Waals surface area contributed by atoms with Gasteiger partial charge in [-0.2, -0.15) is 0 Å². The lowest BCUT2D eigenvalue weighted by atomic mass is 10.6. The number of hydrogen-bond donors (Lipinski definition) is 8. The van der Waals surface area contributed by atoms with E-state index in [1.165, 1.54) is 0 Å². The summed E-state index contributed by atoms with van der Waals surface area (Å²) in [5, 5.41) is 52.9. The minimum Gasteiger partial charge on any atom is -0.473 e. The molecule has 20 heavy (non-hydrogen) atoms. The molecule has 0 atom stereocenters. The Morgan fingerprint density at radius 3 is 0.900 bits per heavy atom. The molecule has 0 saturated heterocycles. The van der Waals surface area contributed by atoms with E-state index in [1.807, 2.05) is 0 Å². The van der Waals surface area contributed by atoms with E-state index in [9.17, 15) is 0 Å². The summed E-state index contributed by atoms with van der Waals surface area (Å²) >= 11 is 0. The van der Waals surface area contributed by atoms with Crippen LogP contribution in [0.1, 0.15) is 0 Å². The molecule has 0 bridgehead atoms. The molecule has 0 amide bonds. The number of nitrogens with one attached hydrogen (secondary N) is 2. The minimum atomic E-state index is -1.82. The van der Waals surface area contributed by atoms with Gasteiger partial charge in [0.15, 0.2) is 0 Å². The van der Waals surface area contributed by atoms with Gasteiger partial charge in [-0.15, -0.1) is 0 Å². The Labute approximate surface area is 116 Å². The summed E-state index contributed by atoms with van der Waals surface area (Å²) in [7, 11) is 0. The molecule has 0 aromatic rings. The number of hydrogen-bond acceptors (Lipinski definition) is 8. The van der Waals surface area contributed by atoms with E-state index in [0.29, 0.717) is 26.2 Å². The van der Waals surface area contributed by atoms with Gasteiger partial charge in [-0.25, -0.2) is 9.59 Å². The van der Waals surface area contributed by atoms with Gasteiger partial charge in [-0.3, -0.25) is 0 Å². The van der Waals surface area contributed by atoms with Gasteiger partial charge in [0.1, 0.15) is 0 Å². The molecule has 0 heterocycles. The number of carboxylic acid groups (broad SMARTS) is 2. The topological polar surface area (TPSA) is 180 Å². The normalized spacial score (nSPS) is 8.80. The van der Waals surface area contributed by atoms with Crippen molar-refractivity contribution < 1.29 is 40.2 Å². The molecule has 0 rings (SSSR count). The zero-order chi connectivity index (χ0) is 16.2. The molecular weight excluding hydrogens is 276 g/mol. The predicted molar refractivity (Wildman–Crippen MR) is 69.4 cm³/mol. The average Bonchev–Trinajstić information content (AvgIpc) is 2.41. The lowest BCUT2D eigenvalue weighted by Gasteiger charge is -1.94. The SMILES string of the molecule is O=C(O)C(=O)O.OCCNCCO.OCCNCCO. The van der Waals surface area contributed by atoms with Gasteiger partial charge >= 0.3 is 11.9 Å². The third kappa shape index (κ3) is 36.0. The summed E-state index contributed by atoms with van der Waals surface area (Å²) in [4.78, 5) is 18.2. The Balaban J connectivity index is -0.000000218. The Kier molecular flexibility index (Phi) is 27.1. The van der Waals surface area contributed by atoms with Crippen molar-refractivity contribution in [2.75, 3.05) is 52.6 Å². The number of aliphatic carboxylic acids is 2. The first-order chi connectivity index (χ1) is 9.47. The van der Waals surface area contributed by atoms with Crippen molar-refractivity contribution in [2.24, 2.45) is 0 Å². The molecule has 10 heteroatoms. The fraction of sp³-hybridized carbons (Fsp3) is 0.800. The second-order valence-electron chi connectivity index (χ2n) is 3.00. The van der Waals surface area contributed by atoms with Gasteiger partial charge in [0, 0.05) is 26.2 Å². The van der Waals surface area contributed by atoms with Crippen LogP contribution >= 0.6 is 0 Å². The minimum absolute atomic E-state index is 0.139. The van der Waals surface area contributed by atoms with Crippen LogP contribution in [-0.4, -0.2) is 95.2 Å². The fourth-order valence-electron chi connectivity index (χ4n) is 0.566. The molecule has 10 nitrogen and oxygen atoms in total. The molecule has 0 spiro atoms. The molecule has 0 unspecified atom stereocenters. The molecule has 0 fully saturated rings. The van der Waals surface area contributed by atoms with Crippen LogP contribution in [0.2, 0.25) is 0 Å². The standard InChI is InChI=1S/2C4H11NO2.C2H2O4/c2*6-3-1-5-2-4-7;3-1(4)2(5)6/h2*5-7H,1-4H2;(H,3,4)(H,5,6). The quantitative estimate of drug-likeness (QED) is 0.164. The van der Waals surface area contributed by atoms with Crippen LogP contribution in [0.25, 0.3) is 0 Å². The highest BCUT2D eigenvalue weighted by Gasteiger charge is 2.04. The lowest BCUT2D eigenvalue weighted by Crippen LogP contribution is -2.21. The summed E-state index contributed by atoms with van der Waals surface area (Å²) in [5.41, 5.74) is 0. The van der Waals surface area contributed by atoms with Gasteiger partial charge in [0.2, 0.25) is 0 Å². The van der Waals surface area contributed by atoms with Crippen molar-refractivity contribution in [1.82, 2.24) is 10.6 Å². The van der Waals surface area contributed by atoms with E-state index in [1.54, 1.807) is 0 Å². The van der Waals surface area contributed by atoms with Gasteiger partial charge in [-0.1, -0.05) is 0 Å². The molecule has 0 aromatic heterocycles. The second-order valence-corrected chi connectivity index (χ2v) is 3.00. The van der Waals surface area contributed by atoms with Crippen molar-refractivity contribution in [3.63, 3.8) is 0 Å². The van der Waals surface area contributed by atoms with Crippen molar-refractivity contribution in [3.05, 3.63) is 0 Å². The summed E-state index contributed by atoms with van der Waals surface area (Å²) in [6.45, 7) is 2.84. The maximum Gasteiger partial charge on any atom is 0.414 e. The van der Waals surface area contributed by atoms with Gasteiger partial charge in [-0.05, 0) is 0 Å². The van der Waals surface area contributed by atoms with Crippen LogP contribution in [0.5, 0.6) is 0 Å². The fourth-order valence-corrected chi connectivity index (χ4v) is 0.566. The van der Waals surface area contributed by atoms with Crippen molar-refractivity contribution in [2.45, 2.75) is 0 Å². The van der Waals surface area contributed by atoms with Gasteiger partial charge in [0.05, 0.1) is 26.4 Å². The molecule has 0 aliphatic carbocycles. The maximum absolute atomic E-state index is 9.10. The summed E-state index contributed by atoms with van der Waals surface area (Å²) in [5.74, 6) is -3.65. The van der Waals surface area contributed by atoms with E-state index in [0.717, 1.165) is 0 Å². The van der Waals surface area contributed by atoms with Crippen LogP contribution in [-0.2, 0) is 9.59 Å². The molecule has 122 valence electrons. The van der Waals surface area contributed by atoms with Crippen molar-refractivity contribution in [1.29, 1.82) is 0 Å². The summed E-state index contributed by atoms with van der Waals surface area (Å²) < 4.78 is 0. The first kappa shape index (κ1) is 23.8. The molecule has 0 aliphatic heterocycles. The van der Waals surface area contributed by atoms with Gasteiger partial charge in [0.25, 0.3) is 0 Å². The number of carboxylic acids is 2. The first-order valence-electron chi connectivity index (χ1n) is 5.78. The monoisotopic (exact) mass is 300 g/mol. The lowest BCUT2D eigenvalue weighted by molar-refractivity contribution is -0.159. The van der Waals surface area contributed by atoms with Crippen LogP contribution in [0.15, 0.2) is 0 Å². The summed E-state index contributed by atoms with van der Waals surface area (Å²) in [6, 6.07) is 0. The van der Waals surface area contributed by atoms with Crippen LogP contribution in [0, 0.1) is 0 Å². The molecule has 0 radical (unpaired) electrons. The van der Waals surface area contributed by atoms with E-state index < -0.39 is 11.9 Å². The molecule has 0 saturated carbocycles. The molecule has 0 aromatic carbocycles. The smallest absolute Gasteiger partial charge is 0.414 e. The Morgan fingerprint density at radius 1 is 0.600 bits per heavy atom. The Bertz CT molecular complexity index is 185. The van der Waals surface area contributed by atoms with E-state index >= 15 is 0 Å². The van der Waals surface area contributed by atoms with Crippen LogP contribution < -0.4 is 10.6 Å². The highest BCUT2D eigenvalue weighted by molar-refractivity contribution is 6.27. The zero-order valence-electron chi connectivity index (χ0n) is 11.2. The summed E-state index contributed by atoms with van der Waals surface area (Å²) in [6.07, 6.45) is 0. The predicted octanol–water partition coefficient (Wildman–Crippen LogP) is -3.72. The zero-order valence-corrected chi connectivity index (χ0v) is 11.2. The Morgan fingerprint density at radius 2 is 0.800 bits per heavy atom. The molecule has 0 aliphatic rings. The van der Waals surface area contributed by atoms with E-state index in [4.69, 9.17) is 40.2 Å². The third-order valence-electron chi connectivity index (χ3n) is 1.34. The van der Waals surface area contributed by atoms with Crippen molar-refractivity contribution in [3.8, 4) is 0 Å². The highest BCUT2D eigenvalue weighted by Crippen LogP contribution is 1.56. The number of aliphatic hydroxyl groups is 4. The highest BCUT2D eigenvalue weighted by atomic mass is 16.4. The Hall–Kier alpha value is -1.30. The number of rotatable bonds is 8. The van der Waals surface area contributed by atoms with Crippen LogP contribution in [0.3, 0.4) is 0 Å². The second kappa shape index (κ2) is 22.8. The maximum atomic E-state index is 9.10. The average molecular weight is 300 g/mol. The largest absolute Gasteiger partial charge is 0.473 e. The molecule has 8 N–H and O–H groups in total. The van der Waals surface area contributed by atoms with Gasteiger partial charge < -0.3 is 41.3 Å². The van der Waals surface area contributed by atoms with Crippen molar-refractivity contribution >= 4 is 11.9 Å². The number of carbonyl (C=O) groups is 2. The first-order valence-corrected chi connectivity index (χ1v) is 5.78.